The van der Waals surface area contributed by atoms with Gasteiger partial charge in [-0.25, -0.2) is 0 Å². The van der Waals surface area contributed by atoms with Crippen LogP contribution in [-0.4, -0.2) is 36.2 Å². The molecule has 4 heteroatoms. The van der Waals surface area contributed by atoms with Gasteiger partial charge < -0.3 is 10.6 Å². The molecule has 126 valence electrons. The van der Waals surface area contributed by atoms with Gasteiger partial charge in [0, 0.05) is 37.5 Å². The maximum absolute atomic E-state index is 12.6. The molecule has 1 aliphatic rings. The van der Waals surface area contributed by atoms with Gasteiger partial charge in [-0.3, -0.25) is 9.59 Å². The number of carbonyl (C=O) groups is 2. The molecule has 0 unspecified atom stereocenters. The van der Waals surface area contributed by atoms with Crippen molar-refractivity contribution in [2.75, 3.05) is 19.6 Å². The molecule has 0 saturated carbocycles. The number of nitrogens with two attached hydrogens (primary N) is 1. The standard InChI is InChI=1S/C19H28N2O2/c1-14(2)13-15-3-5-16(6-4-15)19(23)17-8-11-21(12-9-17)18(22)7-10-20/h3-6,14,17H,7-13,20H2,1-2H3. The van der Waals surface area contributed by atoms with E-state index in [2.05, 4.69) is 26.0 Å². The molecular weight excluding hydrogens is 288 g/mol. The van der Waals surface area contributed by atoms with Gasteiger partial charge >= 0.3 is 0 Å². The summed E-state index contributed by atoms with van der Waals surface area (Å²) in [5.41, 5.74) is 7.50. The molecule has 0 radical (unpaired) electrons. The molecule has 1 aromatic rings. The molecule has 0 aliphatic carbocycles. The summed E-state index contributed by atoms with van der Waals surface area (Å²) in [6.07, 6.45) is 2.94. The highest BCUT2D eigenvalue weighted by atomic mass is 16.2. The van der Waals surface area contributed by atoms with E-state index in [0.29, 0.717) is 32.0 Å². The van der Waals surface area contributed by atoms with Gasteiger partial charge in [-0.15, -0.1) is 0 Å². The SMILES string of the molecule is CC(C)Cc1ccc(C(=O)C2CCN(C(=O)CCN)CC2)cc1. The van der Waals surface area contributed by atoms with Gasteiger partial charge in [0.2, 0.25) is 5.91 Å². The molecule has 1 heterocycles. The fraction of sp³-hybridized carbons (Fsp3) is 0.579. The van der Waals surface area contributed by atoms with Crippen molar-refractivity contribution in [3.63, 3.8) is 0 Å². The van der Waals surface area contributed by atoms with Crippen LogP contribution in [0.3, 0.4) is 0 Å². The molecule has 4 nitrogen and oxygen atoms in total. The van der Waals surface area contributed by atoms with Gasteiger partial charge in [-0.05, 0) is 30.7 Å². The molecule has 1 saturated heterocycles. The van der Waals surface area contributed by atoms with Crippen molar-refractivity contribution in [2.45, 2.75) is 39.5 Å². The van der Waals surface area contributed by atoms with Gasteiger partial charge in [-0.2, -0.15) is 0 Å². The van der Waals surface area contributed by atoms with Crippen molar-refractivity contribution in [2.24, 2.45) is 17.6 Å². The molecule has 23 heavy (non-hydrogen) atoms. The molecule has 1 amide bonds. The molecule has 2 N–H and O–H groups in total. The molecular formula is C19H28N2O2. The van der Waals surface area contributed by atoms with Gasteiger partial charge in [0.15, 0.2) is 5.78 Å². The number of hydrogen-bond donors (Lipinski definition) is 1. The van der Waals surface area contributed by atoms with Crippen molar-refractivity contribution in [1.29, 1.82) is 0 Å². The molecule has 0 atom stereocenters. The second-order valence-corrected chi connectivity index (χ2v) is 6.85. The summed E-state index contributed by atoms with van der Waals surface area (Å²) in [5.74, 6) is 0.975. The van der Waals surface area contributed by atoms with Crippen molar-refractivity contribution >= 4 is 11.7 Å². The van der Waals surface area contributed by atoms with Crippen molar-refractivity contribution in [1.82, 2.24) is 4.90 Å². The average Bonchev–Trinajstić information content (AvgIpc) is 2.55. The van der Waals surface area contributed by atoms with Gasteiger partial charge in [0.25, 0.3) is 0 Å². The van der Waals surface area contributed by atoms with Crippen LogP contribution in [0.1, 0.15) is 49.0 Å². The Morgan fingerprint density at radius 2 is 1.78 bits per heavy atom. The number of rotatable bonds is 6. The Kier molecular flexibility index (Phi) is 6.34. The minimum absolute atomic E-state index is 0.0351. The Hall–Kier alpha value is -1.68. The van der Waals surface area contributed by atoms with Gasteiger partial charge in [0.1, 0.15) is 0 Å². The number of ketones is 1. The number of nitrogens with zero attached hydrogens (tertiary/aromatic N) is 1. The Morgan fingerprint density at radius 3 is 2.30 bits per heavy atom. The maximum atomic E-state index is 12.6. The summed E-state index contributed by atoms with van der Waals surface area (Å²) >= 11 is 0. The Labute approximate surface area is 139 Å². The van der Waals surface area contributed by atoms with E-state index in [1.54, 1.807) is 0 Å². The van der Waals surface area contributed by atoms with Crippen LogP contribution in [0.5, 0.6) is 0 Å². The predicted octanol–water partition coefficient (Wildman–Crippen LogP) is 2.66. The summed E-state index contributed by atoms with van der Waals surface area (Å²) in [6, 6.07) is 8.03. The quantitative estimate of drug-likeness (QED) is 0.821. The minimum Gasteiger partial charge on any atom is -0.343 e. The van der Waals surface area contributed by atoms with Gasteiger partial charge in [0.05, 0.1) is 0 Å². The number of amides is 1. The number of Topliss-reactive ketones (excluding diaryl/α,β-unsaturated/α-hetero) is 1. The number of piperidine rings is 1. The van der Waals surface area contributed by atoms with E-state index < -0.39 is 0 Å². The van der Waals surface area contributed by atoms with Crippen molar-refractivity contribution < 1.29 is 9.59 Å². The van der Waals surface area contributed by atoms with Crippen molar-refractivity contribution in [3.05, 3.63) is 35.4 Å². The largest absolute Gasteiger partial charge is 0.343 e. The lowest BCUT2D eigenvalue weighted by Crippen LogP contribution is -2.40. The first-order chi connectivity index (χ1) is 11.0. The topological polar surface area (TPSA) is 63.4 Å². The third-order valence-electron chi connectivity index (χ3n) is 4.46. The normalized spacial score (nSPS) is 15.9. The number of hydrogen-bond acceptors (Lipinski definition) is 3. The molecule has 1 aliphatic heterocycles. The summed E-state index contributed by atoms with van der Waals surface area (Å²) < 4.78 is 0. The van der Waals surface area contributed by atoms with Crippen molar-refractivity contribution in [3.8, 4) is 0 Å². The average molecular weight is 316 g/mol. The second kappa shape index (κ2) is 8.25. The first kappa shape index (κ1) is 17.7. The minimum atomic E-state index is 0.0351. The highest BCUT2D eigenvalue weighted by molar-refractivity contribution is 5.98. The lowest BCUT2D eigenvalue weighted by atomic mass is 9.88. The van der Waals surface area contributed by atoms with E-state index in [-0.39, 0.29) is 17.6 Å². The molecule has 1 aromatic carbocycles. The number of likely N-dealkylation sites (tertiary alicyclic amines) is 1. The number of benzene rings is 1. The zero-order valence-electron chi connectivity index (χ0n) is 14.3. The van der Waals surface area contributed by atoms with Crippen LogP contribution in [-0.2, 0) is 11.2 Å². The molecule has 0 spiro atoms. The van der Waals surface area contributed by atoms with Crippen LogP contribution < -0.4 is 5.73 Å². The molecule has 1 fully saturated rings. The highest BCUT2D eigenvalue weighted by Gasteiger charge is 2.27. The predicted molar refractivity (Wildman–Crippen MR) is 92.3 cm³/mol. The first-order valence-corrected chi connectivity index (χ1v) is 8.62. The zero-order chi connectivity index (χ0) is 16.8. The van der Waals surface area contributed by atoms with E-state index in [1.165, 1.54) is 5.56 Å². The fourth-order valence-electron chi connectivity index (χ4n) is 3.18. The molecule has 2 rings (SSSR count). The van der Waals surface area contributed by atoms with E-state index in [9.17, 15) is 9.59 Å². The highest BCUT2D eigenvalue weighted by Crippen LogP contribution is 2.22. The summed E-state index contributed by atoms with van der Waals surface area (Å²) in [5, 5.41) is 0. The lowest BCUT2D eigenvalue weighted by Gasteiger charge is -2.31. The van der Waals surface area contributed by atoms with E-state index in [4.69, 9.17) is 5.73 Å². The Balaban J connectivity index is 1.90. The molecule has 0 aromatic heterocycles. The van der Waals surface area contributed by atoms with Crippen LogP contribution in [0.4, 0.5) is 0 Å². The monoisotopic (exact) mass is 316 g/mol. The van der Waals surface area contributed by atoms with Crippen LogP contribution in [0.25, 0.3) is 0 Å². The fourth-order valence-corrected chi connectivity index (χ4v) is 3.18. The smallest absolute Gasteiger partial charge is 0.223 e. The van der Waals surface area contributed by atoms with E-state index in [1.807, 2.05) is 17.0 Å². The van der Waals surface area contributed by atoms with Crippen LogP contribution in [0, 0.1) is 11.8 Å². The maximum Gasteiger partial charge on any atom is 0.223 e. The Morgan fingerprint density at radius 1 is 1.17 bits per heavy atom. The Bertz CT molecular complexity index is 529. The van der Waals surface area contributed by atoms with Crippen LogP contribution >= 0.6 is 0 Å². The third-order valence-corrected chi connectivity index (χ3v) is 4.46. The summed E-state index contributed by atoms with van der Waals surface area (Å²) in [6.45, 7) is 6.11. The van der Waals surface area contributed by atoms with Crippen LogP contribution in [0.15, 0.2) is 24.3 Å². The summed E-state index contributed by atoms with van der Waals surface area (Å²) in [7, 11) is 0. The zero-order valence-corrected chi connectivity index (χ0v) is 14.3. The van der Waals surface area contributed by atoms with E-state index in [0.717, 1.165) is 24.8 Å². The second-order valence-electron chi connectivity index (χ2n) is 6.85. The van der Waals surface area contributed by atoms with Crippen LogP contribution in [0.2, 0.25) is 0 Å². The number of carbonyl (C=O) groups excluding carboxylic acids is 2. The molecule has 0 bridgehead atoms. The third kappa shape index (κ3) is 4.90. The summed E-state index contributed by atoms with van der Waals surface area (Å²) in [4.78, 5) is 26.3. The van der Waals surface area contributed by atoms with Gasteiger partial charge in [-0.1, -0.05) is 38.1 Å². The first-order valence-electron chi connectivity index (χ1n) is 8.62. The lowest BCUT2D eigenvalue weighted by molar-refractivity contribution is -0.132. The van der Waals surface area contributed by atoms with E-state index >= 15 is 0 Å².